The summed E-state index contributed by atoms with van der Waals surface area (Å²) in [5.74, 6) is 0.339. The second-order valence-electron chi connectivity index (χ2n) is 9.97. The number of hydrogen-bond donors (Lipinski definition) is 0. The normalized spacial score (nSPS) is 20.8. The van der Waals surface area contributed by atoms with Gasteiger partial charge in [0.05, 0.1) is 37.7 Å². The number of esters is 1. The molecule has 1 fully saturated rings. The summed E-state index contributed by atoms with van der Waals surface area (Å²) in [6.07, 6.45) is 1.84. The summed E-state index contributed by atoms with van der Waals surface area (Å²) in [7, 11) is 0. The van der Waals surface area contributed by atoms with Crippen molar-refractivity contribution in [3.05, 3.63) is 58.7 Å². The number of piperidine rings is 1. The quantitative estimate of drug-likeness (QED) is 0.511. The molecule has 2 unspecified atom stereocenters. The molecule has 0 bridgehead atoms. The minimum atomic E-state index is -0.547. The van der Waals surface area contributed by atoms with Crippen LogP contribution in [0.1, 0.15) is 72.6 Å². The first-order valence-electron chi connectivity index (χ1n) is 13.8. The molecule has 0 spiro atoms. The number of hydrogen-bond acceptors (Lipinski definition) is 6. The summed E-state index contributed by atoms with van der Waals surface area (Å²) in [6.45, 7) is 8.53. The van der Waals surface area contributed by atoms with Crippen LogP contribution in [0.3, 0.4) is 0 Å². The van der Waals surface area contributed by atoms with Crippen LogP contribution in [-0.4, -0.2) is 67.0 Å². The van der Waals surface area contributed by atoms with Gasteiger partial charge < -0.3 is 24.0 Å². The lowest BCUT2D eigenvalue weighted by molar-refractivity contribution is -0.151. The number of nitrogens with zero attached hydrogens (tertiary/aromatic N) is 2. The molecule has 0 aromatic heterocycles. The van der Waals surface area contributed by atoms with Crippen molar-refractivity contribution in [2.75, 3.05) is 39.5 Å². The van der Waals surface area contributed by atoms with Gasteiger partial charge in [-0.1, -0.05) is 18.2 Å². The largest absolute Gasteiger partial charge is 0.490 e. The van der Waals surface area contributed by atoms with Gasteiger partial charge in [0.25, 0.3) is 5.91 Å². The van der Waals surface area contributed by atoms with Gasteiger partial charge in [0.2, 0.25) is 5.91 Å². The Hall–Kier alpha value is -3.55. The van der Waals surface area contributed by atoms with Gasteiger partial charge in [-0.05, 0) is 74.9 Å². The molecule has 8 nitrogen and oxygen atoms in total. The molecule has 2 aromatic carbocycles. The molecule has 0 radical (unpaired) electrons. The molecule has 202 valence electrons. The third-order valence-corrected chi connectivity index (χ3v) is 7.88. The summed E-state index contributed by atoms with van der Waals surface area (Å²) in [4.78, 5) is 43.9. The summed E-state index contributed by atoms with van der Waals surface area (Å²) < 4.78 is 17.0. The molecule has 8 heteroatoms. The van der Waals surface area contributed by atoms with Gasteiger partial charge in [-0.15, -0.1) is 0 Å². The lowest BCUT2D eigenvalue weighted by Crippen LogP contribution is -2.52. The number of carbonyl (C=O) groups is 3. The molecule has 1 saturated heterocycles. The van der Waals surface area contributed by atoms with Crippen LogP contribution in [0.4, 0.5) is 0 Å². The molecule has 2 amide bonds. The number of carbonyl (C=O) groups excluding carboxylic acids is 3. The molecule has 0 N–H and O–H groups in total. The van der Waals surface area contributed by atoms with Crippen LogP contribution >= 0.6 is 0 Å². The molecule has 3 heterocycles. The van der Waals surface area contributed by atoms with Crippen LogP contribution in [0.15, 0.2) is 36.4 Å². The van der Waals surface area contributed by atoms with Crippen molar-refractivity contribution in [2.45, 2.75) is 52.0 Å². The Labute approximate surface area is 223 Å². The summed E-state index contributed by atoms with van der Waals surface area (Å²) >= 11 is 0. The summed E-state index contributed by atoms with van der Waals surface area (Å²) in [6, 6.07) is 11.0. The van der Waals surface area contributed by atoms with E-state index in [0.717, 1.165) is 16.7 Å². The highest BCUT2D eigenvalue weighted by molar-refractivity contribution is 6.01. The average Bonchev–Trinajstić information content (AvgIpc) is 2.94. The van der Waals surface area contributed by atoms with Crippen LogP contribution in [-0.2, 0) is 20.7 Å². The van der Waals surface area contributed by atoms with E-state index in [9.17, 15) is 14.4 Å². The van der Waals surface area contributed by atoms with Gasteiger partial charge in [-0.25, -0.2) is 0 Å². The number of likely N-dealkylation sites (tertiary alicyclic amines) is 1. The average molecular weight is 521 g/mol. The second-order valence-corrected chi connectivity index (χ2v) is 9.97. The van der Waals surface area contributed by atoms with E-state index in [1.165, 1.54) is 0 Å². The molecular weight excluding hydrogens is 484 g/mol. The van der Waals surface area contributed by atoms with E-state index >= 15 is 0 Å². The first-order valence-corrected chi connectivity index (χ1v) is 13.8. The highest BCUT2D eigenvalue weighted by Crippen LogP contribution is 2.49. The lowest BCUT2D eigenvalue weighted by Gasteiger charge is -2.47. The molecule has 2 atom stereocenters. The Kier molecular flexibility index (Phi) is 7.58. The second kappa shape index (κ2) is 11.1. The van der Waals surface area contributed by atoms with Crippen LogP contribution in [0.2, 0.25) is 0 Å². The predicted molar refractivity (Wildman–Crippen MR) is 141 cm³/mol. The minimum absolute atomic E-state index is 0.0121. The Bertz CT molecular complexity index is 1220. The smallest absolute Gasteiger partial charge is 0.309 e. The Morgan fingerprint density at radius 3 is 2.26 bits per heavy atom. The van der Waals surface area contributed by atoms with Crippen LogP contribution in [0.5, 0.6) is 11.5 Å². The molecular formula is C30H36N2O6. The SMILES string of the molecule is CCOC(=O)C1CCN(C(=O)C2c3ccccc3C(=O)N3CCc4cc(OCC)c(OCC)cc4C23)CC1. The van der Waals surface area contributed by atoms with Gasteiger partial charge in [0, 0.05) is 25.2 Å². The van der Waals surface area contributed by atoms with Crippen molar-refractivity contribution in [2.24, 2.45) is 5.92 Å². The molecule has 0 saturated carbocycles. The molecule has 0 aliphatic carbocycles. The molecule has 5 rings (SSSR count). The van der Waals surface area contributed by atoms with E-state index < -0.39 is 12.0 Å². The van der Waals surface area contributed by atoms with Crippen molar-refractivity contribution in [1.29, 1.82) is 0 Å². The molecule has 2 aromatic rings. The van der Waals surface area contributed by atoms with Crippen LogP contribution < -0.4 is 9.47 Å². The van der Waals surface area contributed by atoms with Crippen LogP contribution in [0, 0.1) is 5.92 Å². The number of fused-ring (bicyclic) bond motifs is 4. The van der Waals surface area contributed by atoms with E-state index in [0.29, 0.717) is 75.8 Å². The minimum Gasteiger partial charge on any atom is -0.490 e. The zero-order valence-electron chi connectivity index (χ0n) is 22.4. The highest BCUT2D eigenvalue weighted by Gasteiger charge is 2.48. The fourth-order valence-electron chi connectivity index (χ4n) is 6.13. The Morgan fingerprint density at radius 1 is 0.895 bits per heavy atom. The molecule has 38 heavy (non-hydrogen) atoms. The van der Waals surface area contributed by atoms with Crippen molar-refractivity contribution >= 4 is 17.8 Å². The third-order valence-electron chi connectivity index (χ3n) is 7.88. The maximum absolute atomic E-state index is 14.3. The maximum atomic E-state index is 14.3. The molecule has 3 aliphatic heterocycles. The fraction of sp³-hybridized carbons (Fsp3) is 0.500. The highest BCUT2D eigenvalue weighted by atomic mass is 16.5. The number of benzene rings is 2. The first kappa shape index (κ1) is 26.1. The van der Waals surface area contributed by atoms with Crippen LogP contribution in [0.25, 0.3) is 0 Å². The van der Waals surface area contributed by atoms with Gasteiger partial charge in [-0.2, -0.15) is 0 Å². The van der Waals surface area contributed by atoms with E-state index in [4.69, 9.17) is 14.2 Å². The summed E-state index contributed by atoms with van der Waals surface area (Å²) in [5, 5.41) is 0. The van der Waals surface area contributed by atoms with Crippen molar-refractivity contribution in [3.63, 3.8) is 0 Å². The van der Waals surface area contributed by atoms with E-state index in [1.54, 1.807) is 6.92 Å². The number of rotatable bonds is 7. The Balaban J connectivity index is 1.54. The van der Waals surface area contributed by atoms with Gasteiger partial charge >= 0.3 is 5.97 Å². The summed E-state index contributed by atoms with van der Waals surface area (Å²) in [5.41, 5.74) is 3.36. The maximum Gasteiger partial charge on any atom is 0.309 e. The van der Waals surface area contributed by atoms with Crippen molar-refractivity contribution in [3.8, 4) is 11.5 Å². The van der Waals surface area contributed by atoms with E-state index in [1.807, 2.05) is 60.0 Å². The predicted octanol–water partition coefficient (Wildman–Crippen LogP) is 4.12. The number of ether oxygens (including phenoxy) is 3. The first-order chi connectivity index (χ1) is 18.5. The van der Waals surface area contributed by atoms with Crippen molar-refractivity contribution < 1.29 is 28.6 Å². The monoisotopic (exact) mass is 520 g/mol. The lowest BCUT2D eigenvalue weighted by atomic mass is 9.75. The van der Waals surface area contributed by atoms with E-state index in [-0.39, 0.29) is 23.7 Å². The third kappa shape index (κ3) is 4.61. The zero-order chi connectivity index (χ0) is 26.8. The van der Waals surface area contributed by atoms with Gasteiger partial charge in [0.1, 0.15) is 0 Å². The Morgan fingerprint density at radius 2 is 1.58 bits per heavy atom. The fourth-order valence-corrected chi connectivity index (χ4v) is 6.13. The van der Waals surface area contributed by atoms with E-state index in [2.05, 4.69) is 0 Å². The van der Waals surface area contributed by atoms with Gasteiger partial charge in [-0.3, -0.25) is 14.4 Å². The zero-order valence-corrected chi connectivity index (χ0v) is 22.4. The molecule has 3 aliphatic rings. The standard InChI is InChI=1S/C30H36N2O6/c1-4-36-24-17-20-13-16-32-27(23(20)18-25(24)37-5-2)26(21-9-7-8-10-22(21)28(32)33)29(34)31-14-11-19(12-15-31)30(35)38-6-3/h7-10,17-19,26-27H,4-6,11-16H2,1-3H3. The van der Waals surface area contributed by atoms with Gasteiger partial charge in [0.15, 0.2) is 11.5 Å². The number of amides is 2. The van der Waals surface area contributed by atoms with Crippen molar-refractivity contribution in [1.82, 2.24) is 9.80 Å². The topological polar surface area (TPSA) is 85.4 Å².